The molecule has 12 rings (SSSR count). The number of para-hydroxylation sites is 1. The van der Waals surface area contributed by atoms with Crippen LogP contribution in [0.3, 0.4) is 0 Å². The van der Waals surface area contributed by atoms with E-state index in [1.165, 1.54) is 128 Å². The van der Waals surface area contributed by atoms with Gasteiger partial charge in [-0.1, -0.05) is 187 Å². The maximum Gasteiger partial charge on any atom is 0.252 e. The molecule has 0 bridgehead atoms. The molecular weight excluding hydrogens is 942 g/mol. The zero-order valence-corrected chi connectivity index (χ0v) is 48.9. The van der Waals surface area contributed by atoms with E-state index in [0.29, 0.717) is 0 Å². The van der Waals surface area contributed by atoms with Gasteiger partial charge in [-0.15, -0.1) is 0 Å². The number of rotatable bonds is 6. The lowest BCUT2D eigenvalue weighted by atomic mass is 9.33. The van der Waals surface area contributed by atoms with Crippen molar-refractivity contribution in [2.24, 2.45) is 0 Å². The van der Waals surface area contributed by atoms with E-state index in [2.05, 4.69) is 283 Å². The molecule has 2 aliphatic heterocycles. The van der Waals surface area contributed by atoms with Crippen molar-refractivity contribution in [3.8, 4) is 27.9 Å². The van der Waals surface area contributed by atoms with Crippen LogP contribution >= 0.6 is 0 Å². The third kappa shape index (κ3) is 8.15. The van der Waals surface area contributed by atoms with Crippen LogP contribution < -0.4 is 26.2 Å². The van der Waals surface area contributed by atoms with E-state index in [0.717, 1.165) is 23.3 Å². The average Bonchev–Trinajstić information content (AvgIpc) is 4.03. The number of fused-ring (bicyclic) bond motifs is 8. The van der Waals surface area contributed by atoms with Crippen molar-refractivity contribution in [1.29, 1.82) is 0 Å². The number of allylic oxidation sites excluding steroid dienone is 1. The molecule has 1 aromatic heterocycles. The lowest BCUT2D eigenvalue weighted by Crippen LogP contribution is -2.61. The number of benzene rings is 8. The predicted molar refractivity (Wildman–Crippen MR) is 340 cm³/mol. The quantitative estimate of drug-likeness (QED) is 0.154. The van der Waals surface area contributed by atoms with Gasteiger partial charge < -0.3 is 14.4 Å². The Balaban J connectivity index is 1.23. The molecule has 1 aliphatic carbocycles. The van der Waals surface area contributed by atoms with Gasteiger partial charge in [0.25, 0.3) is 6.71 Å². The number of aryl methyl sites for hydroxylation is 2. The fourth-order valence-corrected chi connectivity index (χ4v) is 13.1. The van der Waals surface area contributed by atoms with Crippen LogP contribution in [0.25, 0.3) is 51.0 Å². The lowest BCUT2D eigenvalue weighted by molar-refractivity contribution is 0.568. The molecule has 3 nitrogen and oxygen atoms in total. The summed E-state index contributed by atoms with van der Waals surface area (Å²) in [5, 5.41) is 1.22. The molecular formula is C74H76BN3. The van der Waals surface area contributed by atoms with Gasteiger partial charge >= 0.3 is 0 Å². The molecule has 390 valence electrons. The van der Waals surface area contributed by atoms with Crippen LogP contribution in [0.1, 0.15) is 146 Å². The zero-order valence-electron chi connectivity index (χ0n) is 48.9. The zero-order chi connectivity index (χ0) is 55.1. The van der Waals surface area contributed by atoms with Crippen LogP contribution in [0, 0.1) is 13.8 Å². The monoisotopic (exact) mass is 1020 g/mol. The highest BCUT2D eigenvalue weighted by Gasteiger charge is 2.46. The van der Waals surface area contributed by atoms with Crippen molar-refractivity contribution in [2.75, 3.05) is 9.80 Å². The highest BCUT2D eigenvalue weighted by atomic mass is 15.2. The minimum absolute atomic E-state index is 0.0728. The first-order valence-corrected chi connectivity index (χ1v) is 28.4. The van der Waals surface area contributed by atoms with E-state index in [9.17, 15) is 0 Å². The van der Waals surface area contributed by atoms with Crippen LogP contribution in [0.4, 0.5) is 34.1 Å². The molecule has 0 saturated carbocycles. The molecule has 0 unspecified atom stereocenters. The highest BCUT2D eigenvalue weighted by molar-refractivity contribution is 7.00. The first kappa shape index (κ1) is 51.2. The second-order valence-corrected chi connectivity index (χ2v) is 26.8. The fraction of sp³-hybridized carbons (Fsp3) is 0.270. The van der Waals surface area contributed by atoms with Gasteiger partial charge in [-0.3, -0.25) is 0 Å². The Morgan fingerprint density at radius 2 is 1.08 bits per heavy atom. The summed E-state index contributed by atoms with van der Waals surface area (Å²) in [5.41, 5.74) is 31.3. The molecule has 8 aromatic carbocycles. The predicted octanol–water partition coefficient (Wildman–Crippen LogP) is 18.4. The van der Waals surface area contributed by atoms with Crippen molar-refractivity contribution in [1.82, 2.24) is 4.57 Å². The molecule has 0 atom stereocenters. The summed E-state index contributed by atoms with van der Waals surface area (Å²) in [6.07, 6.45) is 7.48. The van der Waals surface area contributed by atoms with E-state index in [1.807, 2.05) is 6.08 Å². The van der Waals surface area contributed by atoms with Gasteiger partial charge in [0, 0.05) is 45.1 Å². The summed E-state index contributed by atoms with van der Waals surface area (Å²) in [6.45, 7) is 39.6. The Morgan fingerprint density at radius 1 is 0.500 bits per heavy atom. The van der Waals surface area contributed by atoms with Crippen molar-refractivity contribution >= 4 is 80.3 Å². The Labute approximate surface area is 466 Å². The van der Waals surface area contributed by atoms with Crippen LogP contribution in [-0.2, 0) is 28.1 Å². The van der Waals surface area contributed by atoms with Gasteiger partial charge in [-0.25, -0.2) is 0 Å². The molecule has 78 heavy (non-hydrogen) atoms. The minimum atomic E-state index is -0.178. The van der Waals surface area contributed by atoms with Crippen molar-refractivity contribution in [2.45, 2.75) is 132 Å². The summed E-state index contributed by atoms with van der Waals surface area (Å²) in [7, 11) is 0. The first-order valence-electron chi connectivity index (χ1n) is 28.4. The summed E-state index contributed by atoms with van der Waals surface area (Å²) in [5.74, 6) is 0. The summed E-state index contributed by atoms with van der Waals surface area (Å²) < 4.78 is 2.43. The Hall–Kier alpha value is -7.56. The average molecular weight is 1020 g/mol. The maximum atomic E-state index is 4.49. The lowest BCUT2D eigenvalue weighted by Gasteiger charge is -2.46. The van der Waals surface area contributed by atoms with Crippen LogP contribution in [0.5, 0.6) is 0 Å². The van der Waals surface area contributed by atoms with E-state index < -0.39 is 0 Å². The molecule has 0 spiro atoms. The van der Waals surface area contributed by atoms with Gasteiger partial charge in [0.15, 0.2) is 0 Å². The summed E-state index contributed by atoms with van der Waals surface area (Å²) in [4.78, 5) is 5.34. The Kier molecular flexibility index (Phi) is 11.8. The van der Waals surface area contributed by atoms with Gasteiger partial charge in [-0.2, -0.15) is 0 Å². The van der Waals surface area contributed by atoms with Crippen LogP contribution in [0.15, 0.2) is 158 Å². The third-order valence-electron chi connectivity index (χ3n) is 17.3. The molecule has 9 aromatic rings. The molecule has 0 fully saturated rings. The van der Waals surface area contributed by atoms with E-state index in [-0.39, 0.29) is 28.4 Å². The second kappa shape index (κ2) is 18.0. The topological polar surface area (TPSA) is 11.4 Å². The van der Waals surface area contributed by atoms with Crippen molar-refractivity contribution in [3.05, 3.63) is 214 Å². The number of anilines is 6. The van der Waals surface area contributed by atoms with E-state index >= 15 is 0 Å². The highest BCUT2D eigenvalue weighted by Crippen LogP contribution is 2.51. The smallest absolute Gasteiger partial charge is 0.252 e. The standard InChI is InChI=1S/C74H76BN3/c1-17-25-58-59-43-61-65(44-64(59)76(62(58)18-2)54-28-20-19-21-29-54)78(70-45(3)34-49(35-46(70)4)57-31-24-27-48-36-47-26-22-23-30-56(47)68(48)57)67-42-53(74(14,15)16)41-66-69(67)75(61)60-40-50(71(5,6)7)32-33-63(60)77(66)55-38-51(72(8,9)10)37-52(39-55)73(11,12)13/h17-35,37-44H,2,36H2,1,3-16H3/b25-17-. The number of aromatic nitrogens is 1. The van der Waals surface area contributed by atoms with E-state index in [4.69, 9.17) is 0 Å². The van der Waals surface area contributed by atoms with Crippen LogP contribution in [-0.4, -0.2) is 11.3 Å². The number of hydrogen-bond acceptors (Lipinski definition) is 2. The Bertz CT molecular complexity index is 3930. The molecule has 0 N–H and O–H groups in total. The first-order chi connectivity index (χ1) is 37.0. The maximum absolute atomic E-state index is 4.49. The molecule has 0 radical (unpaired) electrons. The van der Waals surface area contributed by atoms with Crippen molar-refractivity contribution < 1.29 is 0 Å². The third-order valence-corrected chi connectivity index (χ3v) is 17.3. The molecule has 3 heterocycles. The van der Waals surface area contributed by atoms with Gasteiger partial charge in [-0.05, 0) is 199 Å². The normalized spacial score (nSPS) is 14.0. The van der Waals surface area contributed by atoms with E-state index in [1.54, 1.807) is 0 Å². The van der Waals surface area contributed by atoms with Gasteiger partial charge in [0.1, 0.15) is 0 Å². The Morgan fingerprint density at radius 3 is 1.71 bits per heavy atom. The van der Waals surface area contributed by atoms with Gasteiger partial charge in [0.2, 0.25) is 0 Å². The molecule has 3 aliphatic rings. The summed E-state index contributed by atoms with van der Waals surface area (Å²) in [6, 6.07) is 56.8. The van der Waals surface area contributed by atoms with Crippen LogP contribution in [0.2, 0.25) is 0 Å². The molecule has 4 heteroatoms. The molecule has 0 saturated heterocycles. The van der Waals surface area contributed by atoms with Gasteiger partial charge in [0.05, 0.1) is 16.9 Å². The fourth-order valence-electron chi connectivity index (χ4n) is 13.1. The number of nitrogens with zero attached hydrogens (tertiary/aromatic N) is 3. The number of hydrogen-bond donors (Lipinski definition) is 0. The SMILES string of the molecule is C=Cc1c(/C=C\C)c2cc3c(cc2n1-c1ccccc1)N(c1c(C)cc(-c2cccc4c2-c2ccccc2C4)cc1C)c1cc(C(C)(C)C)cc2c1B3c1cc(C(C)(C)C)ccc1N2c1cc(C(C)(C)C)cc(C(C)(C)C)c1. The molecule has 0 amide bonds. The second-order valence-electron chi connectivity index (χ2n) is 26.8. The van der Waals surface area contributed by atoms with Crippen molar-refractivity contribution in [3.63, 3.8) is 0 Å². The summed E-state index contributed by atoms with van der Waals surface area (Å²) >= 11 is 0. The minimum Gasteiger partial charge on any atom is -0.311 e. The largest absolute Gasteiger partial charge is 0.311 e.